The Labute approximate surface area is 179 Å². The Bertz CT molecular complexity index is 960. The molecular weight excluding hydrogens is 432 g/mol. The van der Waals surface area contributed by atoms with Gasteiger partial charge in [-0.15, -0.1) is 0 Å². The van der Waals surface area contributed by atoms with Gasteiger partial charge < -0.3 is 20.1 Å². The molecule has 0 saturated carbocycles. The van der Waals surface area contributed by atoms with E-state index in [4.69, 9.17) is 9.47 Å². The smallest absolute Gasteiger partial charge is 0.262 e. The molecule has 0 radical (unpaired) electrons. The van der Waals surface area contributed by atoms with E-state index in [2.05, 4.69) is 26.6 Å². The zero-order valence-electron chi connectivity index (χ0n) is 16.4. The molecule has 5 nitrogen and oxygen atoms in total. The molecule has 0 fully saturated rings. The fourth-order valence-electron chi connectivity index (χ4n) is 2.78. The third-order valence-corrected chi connectivity index (χ3v) is 5.06. The largest absolute Gasteiger partial charge is 0.493 e. The number of anilines is 2. The minimum absolute atomic E-state index is 0.126. The lowest BCUT2D eigenvalue weighted by Crippen LogP contribution is -2.21. The van der Waals surface area contributed by atoms with Gasteiger partial charge in [0.1, 0.15) is 0 Å². The van der Waals surface area contributed by atoms with E-state index in [9.17, 15) is 4.79 Å². The van der Waals surface area contributed by atoms with Gasteiger partial charge in [0, 0.05) is 28.0 Å². The van der Waals surface area contributed by atoms with Crippen LogP contribution in [0.15, 0.2) is 71.2 Å². The van der Waals surface area contributed by atoms with Crippen molar-refractivity contribution in [2.75, 3.05) is 24.4 Å². The zero-order chi connectivity index (χ0) is 20.6. The highest BCUT2D eigenvalue weighted by Gasteiger charge is 2.16. The highest BCUT2D eigenvalue weighted by molar-refractivity contribution is 9.10. The topological polar surface area (TPSA) is 59.6 Å². The molecule has 0 heterocycles. The van der Waals surface area contributed by atoms with Gasteiger partial charge in [0.15, 0.2) is 18.1 Å². The summed E-state index contributed by atoms with van der Waals surface area (Å²) in [7, 11) is 1.58. The lowest BCUT2D eigenvalue weighted by Gasteiger charge is -2.17. The van der Waals surface area contributed by atoms with Crippen molar-refractivity contribution in [3.8, 4) is 11.5 Å². The molecule has 0 aliphatic carbocycles. The van der Waals surface area contributed by atoms with Gasteiger partial charge in [0.2, 0.25) is 0 Å². The Kier molecular flexibility index (Phi) is 7.14. The minimum Gasteiger partial charge on any atom is -0.493 e. The van der Waals surface area contributed by atoms with Crippen LogP contribution in [-0.2, 0) is 11.3 Å². The molecule has 0 aliphatic heterocycles. The second-order valence-corrected chi connectivity index (χ2v) is 7.33. The summed E-state index contributed by atoms with van der Waals surface area (Å²) >= 11 is 3.58. The number of carbonyl (C=O) groups excluding carboxylic acids is 1. The first kappa shape index (κ1) is 20.7. The van der Waals surface area contributed by atoms with Gasteiger partial charge in [-0.05, 0) is 43.3 Å². The van der Waals surface area contributed by atoms with Gasteiger partial charge in [-0.1, -0.05) is 51.8 Å². The van der Waals surface area contributed by atoms with Gasteiger partial charge in [0.25, 0.3) is 5.91 Å². The van der Waals surface area contributed by atoms with E-state index in [0.29, 0.717) is 18.0 Å². The SMILES string of the molecule is COc1ccc(Br)c(CNc2ccccc2)c1OCC(=O)Nc1ccc(C)cc1. The van der Waals surface area contributed by atoms with Crippen molar-refractivity contribution < 1.29 is 14.3 Å². The Balaban J connectivity index is 1.71. The number of amides is 1. The molecule has 0 aliphatic rings. The summed E-state index contributed by atoms with van der Waals surface area (Å²) in [6, 6.07) is 21.2. The van der Waals surface area contributed by atoms with Crippen LogP contribution in [0.4, 0.5) is 11.4 Å². The number of halogens is 1. The van der Waals surface area contributed by atoms with Gasteiger partial charge >= 0.3 is 0 Å². The average Bonchev–Trinajstić information content (AvgIpc) is 2.74. The van der Waals surface area contributed by atoms with Crippen LogP contribution in [0.25, 0.3) is 0 Å². The standard InChI is InChI=1S/C23H23BrN2O3/c1-16-8-10-18(11-9-16)26-22(27)15-29-23-19(20(24)12-13-21(23)28-2)14-25-17-6-4-3-5-7-17/h3-13,25H,14-15H2,1-2H3,(H,26,27). The van der Waals surface area contributed by atoms with Crippen molar-refractivity contribution in [2.45, 2.75) is 13.5 Å². The number of ether oxygens (including phenoxy) is 2. The summed E-state index contributed by atoms with van der Waals surface area (Å²) < 4.78 is 12.2. The maximum atomic E-state index is 12.3. The Morgan fingerprint density at radius 3 is 2.38 bits per heavy atom. The monoisotopic (exact) mass is 454 g/mol. The number of para-hydroxylation sites is 1. The zero-order valence-corrected chi connectivity index (χ0v) is 18.0. The highest BCUT2D eigenvalue weighted by Crippen LogP contribution is 2.36. The molecule has 0 bridgehead atoms. The van der Waals surface area contributed by atoms with Crippen LogP contribution in [0, 0.1) is 6.92 Å². The predicted octanol–water partition coefficient (Wildman–Crippen LogP) is 5.40. The van der Waals surface area contributed by atoms with Crippen LogP contribution in [-0.4, -0.2) is 19.6 Å². The van der Waals surface area contributed by atoms with Gasteiger partial charge in [0.05, 0.1) is 7.11 Å². The van der Waals surface area contributed by atoms with Crippen LogP contribution in [0.3, 0.4) is 0 Å². The predicted molar refractivity (Wildman–Crippen MR) is 120 cm³/mol. The highest BCUT2D eigenvalue weighted by atomic mass is 79.9. The first-order valence-corrected chi connectivity index (χ1v) is 9.99. The number of carbonyl (C=O) groups is 1. The van der Waals surface area contributed by atoms with Crippen molar-refractivity contribution in [2.24, 2.45) is 0 Å². The molecule has 1 amide bonds. The first-order chi connectivity index (χ1) is 14.1. The number of hydrogen-bond acceptors (Lipinski definition) is 4. The van der Waals surface area contributed by atoms with E-state index in [-0.39, 0.29) is 12.5 Å². The number of aryl methyl sites for hydroxylation is 1. The Morgan fingerprint density at radius 2 is 1.69 bits per heavy atom. The molecule has 6 heteroatoms. The van der Waals surface area contributed by atoms with Gasteiger partial charge in [-0.3, -0.25) is 4.79 Å². The van der Waals surface area contributed by atoms with Crippen molar-refractivity contribution in [3.63, 3.8) is 0 Å². The van der Waals surface area contributed by atoms with E-state index in [1.807, 2.05) is 73.7 Å². The van der Waals surface area contributed by atoms with Gasteiger partial charge in [-0.2, -0.15) is 0 Å². The Morgan fingerprint density at radius 1 is 0.966 bits per heavy atom. The molecule has 3 aromatic carbocycles. The number of hydrogen-bond donors (Lipinski definition) is 2. The molecule has 29 heavy (non-hydrogen) atoms. The second-order valence-electron chi connectivity index (χ2n) is 6.48. The summed E-state index contributed by atoms with van der Waals surface area (Å²) in [4.78, 5) is 12.3. The molecule has 0 saturated heterocycles. The van der Waals surface area contributed by atoms with Crippen LogP contribution >= 0.6 is 15.9 Å². The van der Waals surface area contributed by atoms with Crippen LogP contribution in [0.5, 0.6) is 11.5 Å². The van der Waals surface area contributed by atoms with Crippen LogP contribution < -0.4 is 20.1 Å². The summed E-state index contributed by atoms with van der Waals surface area (Å²) in [5.41, 5.74) is 3.73. The molecule has 3 rings (SSSR count). The average molecular weight is 455 g/mol. The number of rotatable bonds is 8. The number of nitrogens with one attached hydrogen (secondary N) is 2. The van der Waals surface area contributed by atoms with E-state index < -0.39 is 0 Å². The number of methoxy groups -OCH3 is 1. The molecule has 0 aromatic heterocycles. The lowest BCUT2D eigenvalue weighted by atomic mass is 10.1. The van der Waals surface area contributed by atoms with E-state index >= 15 is 0 Å². The normalized spacial score (nSPS) is 10.3. The second kappa shape index (κ2) is 9.98. The van der Waals surface area contributed by atoms with Crippen molar-refractivity contribution in [1.29, 1.82) is 0 Å². The lowest BCUT2D eigenvalue weighted by molar-refractivity contribution is -0.118. The van der Waals surface area contributed by atoms with Gasteiger partial charge in [-0.25, -0.2) is 0 Å². The molecule has 0 unspecified atom stereocenters. The third-order valence-electron chi connectivity index (χ3n) is 4.31. The van der Waals surface area contributed by atoms with E-state index in [1.54, 1.807) is 7.11 Å². The Hall–Kier alpha value is -2.99. The summed E-state index contributed by atoms with van der Waals surface area (Å²) in [5, 5.41) is 6.20. The summed E-state index contributed by atoms with van der Waals surface area (Å²) in [6.45, 7) is 2.38. The molecule has 150 valence electrons. The maximum absolute atomic E-state index is 12.3. The molecule has 0 spiro atoms. The van der Waals surface area contributed by atoms with E-state index in [0.717, 1.165) is 27.0 Å². The third kappa shape index (κ3) is 5.74. The van der Waals surface area contributed by atoms with Crippen LogP contribution in [0.1, 0.15) is 11.1 Å². The minimum atomic E-state index is -0.238. The molecule has 2 N–H and O–H groups in total. The molecule has 3 aromatic rings. The van der Waals surface area contributed by atoms with Crippen molar-refractivity contribution in [1.82, 2.24) is 0 Å². The van der Waals surface area contributed by atoms with Crippen molar-refractivity contribution >= 4 is 33.2 Å². The van der Waals surface area contributed by atoms with E-state index in [1.165, 1.54) is 0 Å². The quantitative estimate of drug-likeness (QED) is 0.478. The van der Waals surface area contributed by atoms with Crippen LogP contribution in [0.2, 0.25) is 0 Å². The number of benzene rings is 3. The molecular formula is C23H23BrN2O3. The van der Waals surface area contributed by atoms with Crippen molar-refractivity contribution in [3.05, 3.63) is 82.3 Å². The fraction of sp³-hybridized carbons (Fsp3) is 0.174. The summed E-state index contributed by atoms with van der Waals surface area (Å²) in [5.74, 6) is 0.864. The maximum Gasteiger partial charge on any atom is 0.262 e. The summed E-state index contributed by atoms with van der Waals surface area (Å²) in [6.07, 6.45) is 0. The first-order valence-electron chi connectivity index (χ1n) is 9.20. The molecule has 0 atom stereocenters. The fourth-order valence-corrected chi connectivity index (χ4v) is 3.24.